The fraction of sp³-hybridized carbons (Fsp3) is 0.600. The molecule has 0 aliphatic carbocycles. The molecule has 1 N–H and O–H groups in total. The Hall–Kier alpha value is -0.450. The van der Waals surface area contributed by atoms with E-state index >= 15 is 0 Å². The molecule has 1 aliphatic heterocycles. The van der Waals surface area contributed by atoms with E-state index in [4.69, 9.17) is 4.74 Å². The smallest absolute Gasteiger partial charge is 0.137 e. The molecule has 106 valence electrons. The summed E-state index contributed by atoms with van der Waals surface area (Å²) in [4.78, 5) is 0. The Bertz CT molecular complexity index is 427. The van der Waals surface area contributed by atoms with Crippen molar-refractivity contribution in [1.82, 2.24) is 5.32 Å². The third-order valence-corrected chi connectivity index (χ3v) is 4.62. The first-order chi connectivity index (χ1) is 9.11. The number of halogens is 2. The van der Waals surface area contributed by atoms with E-state index in [2.05, 4.69) is 35.1 Å². The van der Waals surface area contributed by atoms with E-state index in [1.807, 2.05) is 6.07 Å². The Labute approximate surface area is 122 Å². The number of nitrogens with one attached hydrogen (secondary N) is 1. The van der Waals surface area contributed by atoms with Crippen molar-refractivity contribution in [2.75, 3.05) is 13.2 Å². The molecule has 0 saturated carbocycles. The van der Waals surface area contributed by atoms with Crippen LogP contribution in [0.1, 0.15) is 25.8 Å². The summed E-state index contributed by atoms with van der Waals surface area (Å²) in [6, 6.07) is 5.58. The van der Waals surface area contributed by atoms with Gasteiger partial charge in [-0.25, -0.2) is 4.39 Å². The summed E-state index contributed by atoms with van der Waals surface area (Å²) in [7, 11) is 0. The minimum Gasteiger partial charge on any atom is -0.378 e. The van der Waals surface area contributed by atoms with Crippen LogP contribution >= 0.6 is 15.9 Å². The van der Waals surface area contributed by atoms with Crippen LogP contribution in [0.3, 0.4) is 0 Å². The molecule has 1 saturated heterocycles. The van der Waals surface area contributed by atoms with Gasteiger partial charge in [-0.3, -0.25) is 0 Å². The van der Waals surface area contributed by atoms with Crippen molar-refractivity contribution in [2.24, 2.45) is 5.92 Å². The molecule has 1 heterocycles. The number of hydrogen-bond acceptors (Lipinski definition) is 2. The molecule has 2 rings (SSSR count). The second kappa shape index (κ2) is 6.82. The average Bonchev–Trinajstić information content (AvgIpc) is 2.81. The molecule has 1 aromatic rings. The van der Waals surface area contributed by atoms with Gasteiger partial charge in [-0.1, -0.05) is 19.1 Å². The van der Waals surface area contributed by atoms with Crippen LogP contribution < -0.4 is 5.32 Å². The highest BCUT2D eigenvalue weighted by Crippen LogP contribution is 2.27. The van der Waals surface area contributed by atoms with Crippen LogP contribution in [0.15, 0.2) is 22.7 Å². The zero-order valence-corrected chi connectivity index (χ0v) is 13.0. The van der Waals surface area contributed by atoms with Gasteiger partial charge in [0.2, 0.25) is 0 Å². The van der Waals surface area contributed by atoms with Gasteiger partial charge >= 0.3 is 0 Å². The quantitative estimate of drug-likeness (QED) is 0.892. The first kappa shape index (κ1) is 14.9. The molecule has 4 heteroatoms. The average molecular weight is 330 g/mol. The fourth-order valence-electron chi connectivity index (χ4n) is 2.74. The normalized spacial score (nSPS) is 24.6. The molecule has 1 fully saturated rings. The van der Waals surface area contributed by atoms with Gasteiger partial charge in [-0.15, -0.1) is 0 Å². The van der Waals surface area contributed by atoms with Gasteiger partial charge in [-0.05, 0) is 53.9 Å². The summed E-state index contributed by atoms with van der Waals surface area (Å²) < 4.78 is 19.8. The van der Waals surface area contributed by atoms with Gasteiger partial charge in [0, 0.05) is 12.0 Å². The monoisotopic (exact) mass is 329 g/mol. The van der Waals surface area contributed by atoms with Crippen molar-refractivity contribution < 1.29 is 9.13 Å². The zero-order chi connectivity index (χ0) is 13.8. The third-order valence-electron chi connectivity index (χ3n) is 3.74. The Morgan fingerprint density at radius 3 is 2.95 bits per heavy atom. The Morgan fingerprint density at radius 2 is 2.32 bits per heavy atom. The highest BCUT2D eigenvalue weighted by molar-refractivity contribution is 9.10. The van der Waals surface area contributed by atoms with Crippen LogP contribution in [0.25, 0.3) is 0 Å². The first-order valence-corrected chi connectivity index (χ1v) is 7.69. The number of hydrogen-bond donors (Lipinski definition) is 1. The van der Waals surface area contributed by atoms with Crippen molar-refractivity contribution in [3.8, 4) is 0 Å². The lowest BCUT2D eigenvalue weighted by molar-refractivity contribution is 0.117. The van der Waals surface area contributed by atoms with Crippen LogP contribution in [0, 0.1) is 11.7 Å². The predicted molar refractivity (Wildman–Crippen MR) is 78.8 cm³/mol. The van der Waals surface area contributed by atoms with E-state index in [1.54, 1.807) is 6.07 Å². The lowest BCUT2D eigenvalue weighted by atomic mass is 9.91. The number of rotatable bonds is 5. The van der Waals surface area contributed by atoms with Crippen LogP contribution in [-0.2, 0) is 11.2 Å². The van der Waals surface area contributed by atoms with Crippen molar-refractivity contribution in [3.63, 3.8) is 0 Å². The van der Waals surface area contributed by atoms with E-state index in [9.17, 15) is 4.39 Å². The fourth-order valence-corrected chi connectivity index (χ4v) is 3.17. The van der Waals surface area contributed by atoms with E-state index in [0.29, 0.717) is 22.5 Å². The van der Waals surface area contributed by atoms with Crippen molar-refractivity contribution in [1.29, 1.82) is 0 Å². The molecule has 0 bridgehead atoms. The van der Waals surface area contributed by atoms with Gasteiger partial charge in [0.25, 0.3) is 0 Å². The minimum atomic E-state index is -0.191. The van der Waals surface area contributed by atoms with Gasteiger partial charge in [0.05, 0.1) is 17.2 Å². The van der Waals surface area contributed by atoms with Crippen molar-refractivity contribution in [3.05, 3.63) is 34.1 Å². The summed E-state index contributed by atoms with van der Waals surface area (Å²) in [5.74, 6) is 0.314. The molecule has 3 unspecified atom stereocenters. The third kappa shape index (κ3) is 3.77. The molecule has 1 aromatic carbocycles. The maximum Gasteiger partial charge on any atom is 0.137 e. The van der Waals surface area contributed by atoms with Gasteiger partial charge < -0.3 is 10.1 Å². The number of benzene rings is 1. The van der Waals surface area contributed by atoms with Crippen LogP contribution in [0.4, 0.5) is 4.39 Å². The molecule has 3 atom stereocenters. The lowest BCUT2D eigenvalue weighted by Gasteiger charge is -2.24. The summed E-state index contributed by atoms with van der Waals surface area (Å²) in [6.45, 7) is 5.93. The van der Waals surface area contributed by atoms with Crippen molar-refractivity contribution in [2.45, 2.75) is 38.8 Å². The second-order valence-corrected chi connectivity index (χ2v) is 6.01. The molecule has 2 nitrogen and oxygen atoms in total. The topological polar surface area (TPSA) is 21.3 Å². The van der Waals surface area contributed by atoms with E-state index in [1.165, 1.54) is 6.07 Å². The number of likely N-dealkylation sites (N-methyl/N-ethyl adjacent to an activating group) is 1. The first-order valence-electron chi connectivity index (χ1n) is 6.89. The molecule has 1 aliphatic rings. The molecule has 19 heavy (non-hydrogen) atoms. The molecule has 0 radical (unpaired) electrons. The molecular weight excluding hydrogens is 309 g/mol. The van der Waals surface area contributed by atoms with E-state index in [0.717, 1.165) is 31.6 Å². The predicted octanol–water partition coefficient (Wildman–Crippen LogP) is 3.53. The minimum absolute atomic E-state index is 0.191. The number of ether oxygens (including phenoxy) is 1. The van der Waals surface area contributed by atoms with E-state index in [-0.39, 0.29) is 5.82 Å². The zero-order valence-electron chi connectivity index (χ0n) is 11.5. The van der Waals surface area contributed by atoms with E-state index < -0.39 is 0 Å². The maximum absolute atomic E-state index is 13.6. The SMILES string of the molecule is CCNC(Cc1cccc(F)c1Br)C1COC(C)C1. The van der Waals surface area contributed by atoms with Gasteiger partial charge in [0.15, 0.2) is 0 Å². The maximum atomic E-state index is 13.6. The Kier molecular flexibility index (Phi) is 5.37. The molecule has 0 spiro atoms. The highest BCUT2D eigenvalue weighted by Gasteiger charge is 2.29. The summed E-state index contributed by atoms with van der Waals surface area (Å²) in [5, 5.41) is 3.52. The lowest BCUT2D eigenvalue weighted by Crippen LogP contribution is -2.38. The second-order valence-electron chi connectivity index (χ2n) is 5.22. The van der Waals surface area contributed by atoms with Gasteiger partial charge in [-0.2, -0.15) is 0 Å². The van der Waals surface area contributed by atoms with Crippen LogP contribution in [0.5, 0.6) is 0 Å². The molecule has 0 aromatic heterocycles. The van der Waals surface area contributed by atoms with Gasteiger partial charge in [0.1, 0.15) is 5.82 Å². The summed E-state index contributed by atoms with van der Waals surface area (Å²) in [5.41, 5.74) is 1.02. The van der Waals surface area contributed by atoms with Crippen molar-refractivity contribution >= 4 is 15.9 Å². The molecule has 0 amide bonds. The van der Waals surface area contributed by atoms with Crippen LogP contribution in [0.2, 0.25) is 0 Å². The highest BCUT2D eigenvalue weighted by atomic mass is 79.9. The standard InChI is InChI=1S/C15H21BrFNO/c1-3-18-14(12-7-10(2)19-9-12)8-11-5-4-6-13(17)15(11)16/h4-6,10,12,14,18H,3,7-9H2,1-2H3. The summed E-state index contributed by atoms with van der Waals surface area (Å²) >= 11 is 3.35. The van der Waals surface area contributed by atoms with Crippen LogP contribution in [-0.4, -0.2) is 25.3 Å². The Morgan fingerprint density at radius 1 is 1.53 bits per heavy atom. The molecular formula is C15H21BrFNO. The Balaban J connectivity index is 2.09. The summed E-state index contributed by atoms with van der Waals surface area (Å²) in [6.07, 6.45) is 2.24. The largest absolute Gasteiger partial charge is 0.378 e.